The molecular weight excluding hydrogens is 367 g/mol. The number of alkyl halides is 1. The maximum atomic E-state index is 11.5. The van der Waals surface area contributed by atoms with Gasteiger partial charge >= 0.3 is 5.97 Å². The van der Waals surface area contributed by atoms with Gasteiger partial charge in [-0.1, -0.05) is 22.6 Å². The molecule has 90 valence electrons. The minimum absolute atomic E-state index is 0. The van der Waals surface area contributed by atoms with E-state index in [1.165, 1.54) is 16.7 Å². The highest BCUT2D eigenvalue weighted by atomic mass is 127. The molecule has 2 aliphatic rings. The van der Waals surface area contributed by atoms with Crippen molar-refractivity contribution < 1.29 is 14.7 Å². The van der Waals surface area contributed by atoms with Crippen LogP contribution < -0.4 is 5.73 Å². The Morgan fingerprint density at radius 2 is 2.31 bits per heavy atom. The number of nitrogens with two attached hydrogens (primary N) is 1. The smallest absolute Gasteiger partial charge is 0.352 e. The molecule has 16 heavy (non-hydrogen) atoms. The predicted molar refractivity (Wildman–Crippen MR) is 71.9 cm³/mol. The molecule has 1 saturated heterocycles. The number of carboxylic acid groups (broad SMARTS) is 1. The van der Waals surface area contributed by atoms with Gasteiger partial charge in [0.25, 0.3) is 0 Å². The van der Waals surface area contributed by atoms with Crippen molar-refractivity contribution in [3.05, 3.63) is 11.3 Å². The third-order valence-electron chi connectivity index (χ3n) is 2.45. The first-order valence-electron chi connectivity index (χ1n) is 4.29. The van der Waals surface area contributed by atoms with E-state index in [1.807, 2.05) is 0 Å². The van der Waals surface area contributed by atoms with Gasteiger partial charge in [0.2, 0.25) is 5.91 Å². The van der Waals surface area contributed by atoms with E-state index in [4.69, 9.17) is 10.8 Å². The first-order chi connectivity index (χ1) is 7.07. The Kier molecular flexibility index (Phi) is 4.49. The summed E-state index contributed by atoms with van der Waals surface area (Å²) in [5, 5.41) is 8.88. The SMILES string of the molecule is Cl.NC1C(=O)N2C(C(=O)O)=C(CI)CS[C@H]12. The van der Waals surface area contributed by atoms with E-state index in [0.29, 0.717) is 10.2 Å². The molecule has 1 amide bonds. The van der Waals surface area contributed by atoms with Crippen LogP contribution in [-0.2, 0) is 9.59 Å². The quantitative estimate of drug-likeness (QED) is 0.415. The molecular formula is C8H10ClIN2O3S. The Morgan fingerprint density at radius 1 is 1.69 bits per heavy atom. The highest BCUT2D eigenvalue weighted by Gasteiger charge is 2.51. The number of nitrogens with zero attached hydrogens (tertiary/aromatic N) is 1. The third-order valence-corrected chi connectivity index (χ3v) is 4.73. The van der Waals surface area contributed by atoms with Gasteiger partial charge in [0.1, 0.15) is 17.1 Å². The lowest BCUT2D eigenvalue weighted by molar-refractivity contribution is -0.147. The summed E-state index contributed by atoms with van der Waals surface area (Å²) in [5.74, 6) is -0.675. The summed E-state index contributed by atoms with van der Waals surface area (Å²) in [7, 11) is 0. The molecule has 0 aromatic heterocycles. The fraction of sp³-hybridized carbons (Fsp3) is 0.500. The van der Waals surface area contributed by atoms with Crippen LogP contribution in [0.3, 0.4) is 0 Å². The Bertz CT molecular complexity index is 376. The number of carbonyl (C=O) groups excluding carboxylic acids is 1. The van der Waals surface area contributed by atoms with E-state index < -0.39 is 12.0 Å². The van der Waals surface area contributed by atoms with Crippen LogP contribution in [0.25, 0.3) is 0 Å². The Hall–Kier alpha value is 0.0100. The van der Waals surface area contributed by atoms with Gasteiger partial charge < -0.3 is 10.8 Å². The van der Waals surface area contributed by atoms with Crippen LogP contribution in [0.5, 0.6) is 0 Å². The molecule has 0 aliphatic carbocycles. The maximum absolute atomic E-state index is 11.5. The number of halogens is 2. The molecule has 1 unspecified atom stereocenters. The molecule has 2 heterocycles. The number of hydrogen-bond acceptors (Lipinski definition) is 4. The average Bonchev–Trinajstić information content (AvgIpc) is 2.25. The van der Waals surface area contributed by atoms with Crippen LogP contribution in [0.1, 0.15) is 0 Å². The van der Waals surface area contributed by atoms with E-state index in [2.05, 4.69) is 22.6 Å². The van der Waals surface area contributed by atoms with Gasteiger partial charge in [-0.3, -0.25) is 9.69 Å². The molecule has 0 radical (unpaired) electrons. The second kappa shape index (κ2) is 5.11. The van der Waals surface area contributed by atoms with Crippen molar-refractivity contribution in [1.29, 1.82) is 0 Å². The minimum Gasteiger partial charge on any atom is -0.477 e. The number of aliphatic carboxylic acids is 1. The lowest BCUT2D eigenvalue weighted by atomic mass is 10.0. The van der Waals surface area contributed by atoms with Gasteiger partial charge in [0.05, 0.1) is 0 Å². The fourth-order valence-corrected chi connectivity index (χ4v) is 3.97. The minimum atomic E-state index is -1.03. The molecule has 5 nitrogen and oxygen atoms in total. The number of rotatable bonds is 2. The summed E-state index contributed by atoms with van der Waals surface area (Å²) in [6.45, 7) is 0. The first-order valence-corrected chi connectivity index (χ1v) is 6.87. The average molecular weight is 377 g/mol. The third kappa shape index (κ3) is 1.93. The molecule has 3 N–H and O–H groups in total. The highest BCUT2D eigenvalue weighted by Crippen LogP contribution is 2.39. The van der Waals surface area contributed by atoms with Gasteiger partial charge in [0.15, 0.2) is 0 Å². The van der Waals surface area contributed by atoms with Crippen molar-refractivity contribution in [1.82, 2.24) is 4.90 Å². The van der Waals surface area contributed by atoms with Crippen LogP contribution in [0.15, 0.2) is 11.3 Å². The summed E-state index contributed by atoms with van der Waals surface area (Å²) < 4.78 is 0.623. The summed E-state index contributed by atoms with van der Waals surface area (Å²) >= 11 is 3.64. The molecule has 0 spiro atoms. The zero-order valence-corrected chi connectivity index (χ0v) is 11.8. The van der Waals surface area contributed by atoms with Crippen molar-refractivity contribution in [2.75, 3.05) is 10.2 Å². The second-order valence-electron chi connectivity index (χ2n) is 3.33. The van der Waals surface area contributed by atoms with Crippen LogP contribution in [0.4, 0.5) is 0 Å². The van der Waals surface area contributed by atoms with Crippen molar-refractivity contribution in [3.63, 3.8) is 0 Å². The highest BCUT2D eigenvalue weighted by molar-refractivity contribution is 14.1. The standard InChI is InChI=1S/C8H9IN2O3S.ClH/c9-1-3-2-15-7-4(10)6(12)11(7)5(3)8(13)14;/h4,7H,1-2,10H2,(H,13,14);1H/t4?,7-;/m1./s1. The van der Waals surface area contributed by atoms with Gasteiger partial charge in [-0.15, -0.1) is 24.2 Å². The summed E-state index contributed by atoms with van der Waals surface area (Å²) in [6, 6.07) is -0.542. The zero-order valence-electron chi connectivity index (χ0n) is 8.05. The van der Waals surface area contributed by atoms with Crippen molar-refractivity contribution >= 4 is 58.6 Å². The van der Waals surface area contributed by atoms with Gasteiger partial charge in [0, 0.05) is 10.2 Å². The largest absolute Gasteiger partial charge is 0.477 e. The van der Waals surface area contributed by atoms with Crippen LogP contribution >= 0.6 is 46.8 Å². The second-order valence-corrected chi connectivity index (χ2v) is 5.19. The maximum Gasteiger partial charge on any atom is 0.352 e. The Labute approximate surface area is 116 Å². The molecule has 1 fully saturated rings. The number of carbonyl (C=O) groups is 2. The molecule has 0 bridgehead atoms. The first kappa shape index (κ1) is 14.1. The molecule has 2 aliphatic heterocycles. The summed E-state index contributed by atoms with van der Waals surface area (Å²) in [5.41, 5.74) is 6.53. The molecule has 0 saturated carbocycles. The number of thioether (sulfide) groups is 1. The topological polar surface area (TPSA) is 83.6 Å². The number of β-lactam (4-membered cyclic amide) rings is 1. The lowest BCUT2D eigenvalue weighted by Crippen LogP contribution is -2.68. The van der Waals surface area contributed by atoms with Gasteiger partial charge in [-0.2, -0.15) is 0 Å². The van der Waals surface area contributed by atoms with Crippen LogP contribution in [-0.4, -0.2) is 43.5 Å². The van der Waals surface area contributed by atoms with E-state index >= 15 is 0 Å². The number of amides is 1. The Morgan fingerprint density at radius 3 is 2.81 bits per heavy atom. The van der Waals surface area contributed by atoms with Gasteiger partial charge in [-0.05, 0) is 5.57 Å². The fourth-order valence-electron chi connectivity index (χ4n) is 1.68. The molecule has 8 heteroatoms. The molecule has 0 aromatic carbocycles. The zero-order chi connectivity index (χ0) is 11.2. The van der Waals surface area contributed by atoms with E-state index in [-0.39, 0.29) is 29.4 Å². The van der Waals surface area contributed by atoms with Gasteiger partial charge in [-0.25, -0.2) is 4.79 Å². The number of hydrogen-bond donors (Lipinski definition) is 2. The van der Waals surface area contributed by atoms with Crippen molar-refractivity contribution in [3.8, 4) is 0 Å². The summed E-state index contributed by atoms with van der Waals surface area (Å²) in [6.07, 6.45) is 0. The van der Waals surface area contributed by atoms with E-state index in [0.717, 1.165) is 5.57 Å². The molecule has 2 rings (SSSR count). The normalized spacial score (nSPS) is 28.1. The van der Waals surface area contributed by atoms with E-state index in [9.17, 15) is 9.59 Å². The predicted octanol–water partition coefficient (Wildman–Crippen LogP) is 0.424. The molecule has 2 atom stereocenters. The van der Waals surface area contributed by atoms with Crippen molar-refractivity contribution in [2.45, 2.75) is 11.4 Å². The lowest BCUT2D eigenvalue weighted by Gasteiger charge is -2.47. The number of fused-ring (bicyclic) bond motifs is 1. The van der Waals surface area contributed by atoms with Crippen LogP contribution in [0, 0.1) is 0 Å². The summed E-state index contributed by atoms with van der Waals surface area (Å²) in [4.78, 5) is 23.8. The van der Waals surface area contributed by atoms with Crippen molar-refractivity contribution in [2.24, 2.45) is 5.73 Å². The monoisotopic (exact) mass is 376 g/mol. The number of carboxylic acids is 1. The van der Waals surface area contributed by atoms with Crippen LogP contribution in [0.2, 0.25) is 0 Å². The van der Waals surface area contributed by atoms with E-state index in [1.54, 1.807) is 0 Å². The Balaban J connectivity index is 0.00000128. The molecule has 0 aromatic rings.